The number of esters is 4. The van der Waals surface area contributed by atoms with Crippen LogP contribution in [0.3, 0.4) is 0 Å². The molecule has 28 heavy (non-hydrogen) atoms. The highest BCUT2D eigenvalue weighted by molar-refractivity contribution is 5.86. The molecule has 6 atom stereocenters. The first-order valence-electron chi connectivity index (χ1n) is 9.03. The predicted molar refractivity (Wildman–Crippen MR) is 88.4 cm³/mol. The van der Waals surface area contributed by atoms with Gasteiger partial charge < -0.3 is 28.4 Å². The van der Waals surface area contributed by atoms with Crippen molar-refractivity contribution in [2.45, 2.75) is 44.4 Å². The Kier molecular flexibility index (Phi) is 6.30. The van der Waals surface area contributed by atoms with Gasteiger partial charge in [0.25, 0.3) is 0 Å². The third-order valence-corrected chi connectivity index (χ3v) is 4.82. The standard InChI is InChI=1S/C18H22O10/c1-3-11(19)24-8-12(20)27-18-14(13-15(28-18)9(2)26-17(13)22)16(21)25-7-10-5-4-6-23-10/h3,9-10,13-15,18H,1,4-8H2,2H3. The average molecular weight is 398 g/mol. The van der Waals surface area contributed by atoms with E-state index in [9.17, 15) is 19.2 Å². The van der Waals surface area contributed by atoms with Crippen LogP contribution in [0.4, 0.5) is 0 Å². The van der Waals surface area contributed by atoms with Crippen molar-refractivity contribution in [3.63, 3.8) is 0 Å². The second-order valence-corrected chi connectivity index (χ2v) is 6.73. The number of cyclic esters (lactones) is 1. The van der Waals surface area contributed by atoms with Crippen molar-refractivity contribution in [2.75, 3.05) is 19.8 Å². The summed E-state index contributed by atoms with van der Waals surface area (Å²) in [5.74, 6) is -5.21. The van der Waals surface area contributed by atoms with E-state index in [0.717, 1.165) is 18.9 Å². The van der Waals surface area contributed by atoms with Gasteiger partial charge in [0.1, 0.15) is 30.7 Å². The van der Waals surface area contributed by atoms with Crippen LogP contribution in [0.5, 0.6) is 0 Å². The van der Waals surface area contributed by atoms with Gasteiger partial charge in [-0.2, -0.15) is 0 Å². The molecule has 0 bridgehead atoms. The van der Waals surface area contributed by atoms with Crippen LogP contribution in [0.15, 0.2) is 12.7 Å². The van der Waals surface area contributed by atoms with E-state index < -0.39 is 60.8 Å². The van der Waals surface area contributed by atoms with E-state index in [0.29, 0.717) is 6.61 Å². The van der Waals surface area contributed by atoms with E-state index >= 15 is 0 Å². The van der Waals surface area contributed by atoms with Crippen molar-refractivity contribution >= 4 is 23.9 Å². The molecule has 3 heterocycles. The second-order valence-electron chi connectivity index (χ2n) is 6.73. The molecular weight excluding hydrogens is 376 g/mol. The van der Waals surface area contributed by atoms with Crippen molar-refractivity contribution in [1.29, 1.82) is 0 Å². The SMILES string of the molecule is C=CC(=O)OCC(=O)OC1OC2C(C)OC(=O)C2C1C(=O)OCC1CCCO1. The normalized spacial score (nSPS) is 33.7. The second kappa shape index (κ2) is 8.70. The van der Waals surface area contributed by atoms with Crippen molar-refractivity contribution in [1.82, 2.24) is 0 Å². The molecule has 0 aromatic carbocycles. The highest BCUT2D eigenvalue weighted by Crippen LogP contribution is 2.42. The first-order chi connectivity index (χ1) is 13.4. The van der Waals surface area contributed by atoms with E-state index in [4.69, 9.17) is 23.7 Å². The molecule has 0 aromatic heterocycles. The van der Waals surface area contributed by atoms with Gasteiger partial charge in [-0.15, -0.1) is 0 Å². The molecule has 3 aliphatic rings. The Bertz CT molecular complexity index is 653. The lowest BCUT2D eigenvalue weighted by Crippen LogP contribution is -2.38. The summed E-state index contributed by atoms with van der Waals surface area (Å²) in [6.07, 6.45) is -0.352. The van der Waals surface area contributed by atoms with E-state index in [-0.39, 0.29) is 12.7 Å². The summed E-state index contributed by atoms with van der Waals surface area (Å²) in [5.41, 5.74) is 0. The van der Waals surface area contributed by atoms with Crippen molar-refractivity contribution in [3.8, 4) is 0 Å². The predicted octanol–water partition coefficient (Wildman–Crippen LogP) is -0.116. The largest absolute Gasteiger partial charge is 0.463 e. The monoisotopic (exact) mass is 398 g/mol. The number of hydrogen-bond acceptors (Lipinski definition) is 10. The van der Waals surface area contributed by atoms with Crippen LogP contribution in [0.1, 0.15) is 19.8 Å². The molecule has 0 aliphatic carbocycles. The molecule has 0 saturated carbocycles. The molecule has 10 heteroatoms. The van der Waals surface area contributed by atoms with Crippen molar-refractivity contribution < 1.29 is 47.6 Å². The first kappa shape index (κ1) is 20.3. The summed E-state index contributed by atoms with van der Waals surface area (Å²) in [6, 6.07) is 0. The number of rotatable bonds is 7. The van der Waals surface area contributed by atoms with Crippen LogP contribution in [-0.4, -0.2) is 68.3 Å². The molecule has 154 valence electrons. The number of carbonyl (C=O) groups excluding carboxylic acids is 4. The minimum atomic E-state index is -1.35. The van der Waals surface area contributed by atoms with E-state index in [1.54, 1.807) is 6.92 Å². The van der Waals surface area contributed by atoms with Crippen LogP contribution in [0, 0.1) is 11.8 Å². The van der Waals surface area contributed by atoms with Gasteiger partial charge in [-0.3, -0.25) is 9.59 Å². The molecular formula is C18H22O10. The van der Waals surface area contributed by atoms with Crippen LogP contribution in [0.2, 0.25) is 0 Å². The van der Waals surface area contributed by atoms with Crippen LogP contribution < -0.4 is 0 Å². The van der Waals surface area contributed by atoms with Gasteiger partial charge in [-0.25, -0.2) is 9.59 Å². The fraction of sp³-hybridized carbons (Fsp3) is 0.667. The highest BCUT2D eigenvalue weighted by Gasteiger charge is 2.61. The first-order valence-corrected chi connectivity index (χ1v) is 9.03. The van der Waals surface area contributed by atoms with Crippen molar-refractivity contribution in [2.24, 2.45) is 11.8 Å². The van der Waals surface area contributed by atoms with Gasteiger partial charge in [-0.05, 0) is 19.8 Å². The maximum atomic E-state index is 12.6. The zero-order chi connectivity index (χ0) is 20.3. The highest BCUT2D eigenvalue weighted by atomic mass is 16.7. The summed E-state index contributed by atoms with van der Waals surface area (Å²) < 4.78 is 31.1. The van der Waals surface area contributed by atoms with E-state index in [2.05, 4.69) is 11.3 Å². The Balaban J connectivity index is 1.65. The molecule has 0 N–H and O–H groups in total. The molecule has 0 amide bonds. The Morgan fingerprint density at radius 3 is 2.75 bits per heavy atom. The zero-order valence-electron chi connectivity index (χ0n) is 15.4. The number of ether oxygens (including phenoxy) is 6. The lowest BCUT2D eigenvalue weighted by molar-refractivity contribution is -0.199. The molecule has 10 nitrogen and oxygen atoms in total. The van der Waals surface area contributed by atoms with Gasteiger partial charge >= 0.3 is 23.9 Å². The molecule has 0 spiro atoms. The Hall–Kier alpha value is -2.46. The summed E-state index contributed by atoms with van der Waals surface area (Å²) in [4.78, 5) is 47.8. The summed E-state index contributed by atoms with van der Waals surface area (Å²) in [7, 11) is 0. The van der Waals surface area contributed by atoms with Crippen LogP contribution in [0.25, 0.3) is 0 Å². The number of hydrogen-bond donors (Lipinski definition) is 0. The fourth-order valence-electron chi connectivity index (χ4n) is 3.47. The summed E-state index contributed by atoms with van der Waals surface area (Å²) >= 11 is 0. The van der Waals surface area contributed by atoms with Gasteiger partial charge in [0.2, 0.25) is 6.29 Å². The van der Waals surface area contributed by atoms with Gasteiger partial charge in [0.15, 0.2) is 6.61 Å². The van der Waals surface area contributed by atoms with Crippen molar-refractivity contribution in [3.05, 3.63) is 12.7 Å². The van der Waals surface area contributed by atoms with Gasteiger partial charge in [0.05, 0.1) is 6.10 Å². The molecule has 0 aromatic rings. The topological polar surface area (TPSA) is 124 Å². The molecule has 6 unspecified atom stereocenters. The molecule has 0 radical (unpaired) electrons. The maximum absolute atomic E-state index is 12.6. The molecule has 3 rings (SSSR count). The number of fused-ring (bicyclic) bond motifs is 1. The van der Waals surface area contributed by atoms with Crippen LogP contribution >= 0.6 is 0 Å². The smallest absolute Gasteiger partial charge is 0.346 e. The minimum Gasteiger partial charge on any atom is -0.463 e. The van der Waals surface area contributed by atoms with E-state index in [1.165, 1.54) is 0 Å². The zero-order valence-corrected chi connectivity index (χ0v) is 15.4. The van der Waals surface area contributed by atoms with Gasteiger partial charge in [0, 0.05) is 12.7 Å². The maximum Gasteiger partial charge on any atom is 0.346 e. The Morgan fingerprint density at radius 1 is 1.29 bits per heavy atom. The lowest BCUT2D eigenvalue weighted by Gasteiger charge is -2.21. The van der Waals surface area contributed by atoms with Gasteiger partial charge in [-0.1, -0.05) is 6.58 Å². The fourth-order valence-corrected chi connectivity index (χ4v) is 3.47. The quantitative estimate of drug-likeness (QED) is 0.326. The lowest BCUT2D eigenvalue weighted by atomic mass is 9.90. The van der Waals surface area contributed by atoms with Crippen LogP contribution in [-0.2, 0) is 47.6 Å². The Morgan fingerprint density at radius 2 is 2.07 bits per heavy atom. The van der Waals surface area contributed by atoms with E-state index in [1.807, 2.05) is 0 Å². The minimum absolute atomic E-state index is 0.0366. The third-order valence-electron chi connectivity index (χ3n) is 4.82. The summed E-state index contributed by atoms with van der Waals surface area (Å²) in [5, 5.41) is 0. The molecule has 3 aliphatic heterocycles. The Labute approximate surface area is 161 Å². The third kappa shape index (κ3) is 4.33. The number of carbonyl (C=O) groups is 4. The molecule has 3 fully saturated rings. The molecule has 3 saturated heterocycles. The average Bonchev–Trinajstić information content (AvgIpc) is 3.37. The summed E-state index contributed by atoms with van der Waals surface area (Å²) in [6.45, 7) is 4.79.